The van der Waals surface area contributed by atoms with Crippen molar-refractivity contribution in [3.05, 3.63) is 48.4 Å². The molecule has 1 aliphatic heterocycles. The van der Waals surface area contributed by atoms with Crippen LogP contribution in [0.4, 0.5) is 0 Å². The number of nitrogens with zero attached hydrogens (tertiary/aromatic N) is 1. The number of benzene rings is 1. The number of amides is 1. The lowest BCUT2D eigenvalue weighted by atomic mass is 9.82. The molecule has 1 saturated heterocycles. The van der Waals surface area contributed by atoms with Crippen molar-refractivity contribution in [2.24, 2.45) is 11.8 Å². The molecule has 2 heterocycles. The van der Waals surface area contributed by atoms with Crippen LogP contribution in [0.1, 0.15) is 31.9 Å². The molecule has 29 heavy (non-hydrogen) atoms. The maximum absolute atomic E-state index is 13.0. The molecule has 0 bridgehead atoms. The summed E-state index contributed by atoms with van der Waals surface area (Å²) >= 11 is 0. The zero-order valence-electron chi connectivity index (χ0n) is 16.8. The number of methoxy groups -OCH3 is 1. The first kappa shape index (κ1) is 21.4. The molecular weight excluding hydrogens is 392 g/mol. The Bertz CT molecular complexity index is 894. The summed E-state index contributed by atoms with van der Waals surface area (Å²) in [6, 6.07) is 10.1. The van der Waals surface area contributed by atoms with Gasteiger partial charge in [0.1, 0.15) is 11.5 Å². The van der Waals surface area contributed by atoms with Gasteiger partial charge in [-0.25, -0.2) is 8.42 Å². The fourth-order valence-corrected chi connectivity index (χ4v) is 5.31. The predicted octanol–water partition coefficient (Wildman–Crippen LogP) is 3.03. The molecule has 7 nitrogen and oxygen atoms in total. The minimum Gasteiger partial charge on any atom is -0.497 e. The summed E-state index contributed by atoms with van der Waals surface area (Å²) in [5.74, 6) is 1.61. The van der Waals surface area contributed by atoms with Gasteiger partial charge in [0.15, 0.2) is 0 Å². The number of piperidine rings is 1. The third-order valence-electron chi connectivity index (χ3n) is 5.56. The molecule has 1 fully saturated rings. The number of ether oxygens (including phenoxy) is 1. The van der Waals surface area contributed by atoms with Crippen molar-refractivity contribution in [2.75, 3.05) is 20.2 Å². The van der Waals surface area contributed by atoms with Crippen LogP contribution in [0.3, 0.4) is 0 Å². The monoisotopic (exact) mass is 420 g/mol. The average Bonchev–Trinajstić information content (AvgIpc) is 3.26. The molecule has 0 saturated carbocycles. The van der Waals surface area contributed by atoms with Gasteiger partial charge in [-0.15, -0.1) is 0 Å². The van der Waals surface area contributed by atoms with E-state index in [1.807, 2.05) is 13.0 Å². The topological polar surface area (TPSA) is 88.8 Å². The van der Waals surface area contributed by atoms with Gasteiger partial charge < -0.3 is 14.5 Å². The first-order valence-electron chi connectivity index (χ1n) is 9.87. The molecule has 158 valence electrons. The predicted molar refractivity (Wildman–Crippen MR) is 109 cm³/mol. The van der Waals surface area contributed by atoms with E-state index in [2.05, 4.69) is 5.32 Å². The molecule has 0 aliphatic carbocycles. The second kappa shape index (κ2) is 9.45. The van der Waals surface area contributed by atoms with Gasteiger partial charge in [0.05, 0.1) is 24.8 Å². The number of sulfonamides is 1. The lowest BCUT2D eigenvalue weighted by Crippen LogP contribution is -2.44. The third-order valence-corrected chi connectivity index (χ3v) is 7.44. The standard InChI is InChI=1S/C21H28N2O5S/c1-3-16-15-23(29(25,26)20-8-6-18(27-2)7-9-20)11-10-17(16)13-21(24)22-14-19-5-4-12-28-19/h4-9,12,16-17H,3,10-11,13-15H2,1-2H3,(H,22,24)/t16-,17+/m1/s1. The van der Waals surface area contributed by atoms with E-state index < -0.39 is 10.0 Å². The highest BCUT2D eigenvalue weighted by Gasteiger charge is 2.35. The molecule has 0 unspecified atom stereocenters. The van der Waals surface area contributed by atoms with Gasteiger partial charge in [0, 0.05) is 19.5 Å². The first-order valence-corrected chi connectivity index (χ1v) is 11.3. The maximum Gasteiger partial charge on any atom is 0.243 e. The zero-order valence-corrected chi connectivity index (χ0v) is 17.7. The van der Waals surface area contributed by atoms with Crippen molar-refractivity contribution in [1.82, 2.24) is 9.62 Å². The van der Waals surface area contributed by atoms with Crippen LogP contribution in [0.5, 0.6) is 5.75 Å². The van der Waals surface area contributed by atoms with Crippen LogP contribution in [0.25, 0.3) is 0 Å². The van der Waals surface area contributed by atoms with Crippen molar-refractivity contribution < 1.29 is 22.4 Å². The van der Waals surface area contributed by atoms with Crippen LogP contribution in [0, 0.1) is 11.8 Å². The number of carbonyl (C=O) groups is 1. The van der Waals surface area contributed by atoms with Gasteiger partial charge in [-0.05, 0) is 54.7 Å². The van der Waals surface area contributed by atoms with Crippen molar-refractivity contribution in [1.29, 1.82) is 0 Å². The van der Waals surface area contributed by atoms with Crippen molar-refractivity contribution in [3.63, 3.8) is 0 Å². The van der Waals surface area contributed by atoms with Gasteiger partial charge in [0.2, 0.25) is 15.9 Å². The Morgan fingerprint density at radius 3 is 2.62 bits per heavy atom. The Kier molecular flexibility index (Phi) is 6.97. The number of carbonyl (C=O) groups excluding carboxylic acids is 1. The Labute approximate surface area is 172 Å². The van der Waals surface area contributed by atoms with Crippen LogP contribution in [0.15, 0.2) is 52.0 Å². The second-order valence-corrected chi connectivity index (χ2v) is 9.25. The largest absolute Gasteiger partial charge is 0.497 e. The number of rotatable bonds is 8. The Morgan fingerprint density at radius 1 is 1.24 bits per heavy atom. The number of nitrogens with one attached hydrogen (secondary N) is 1. The Hall–Kier alpha value is -2.32. The van der Waals surface area contributed by atoms with E-state index in [1.54, 1.807) is 48.0 Å². The smallest absolute Gasteiger partial charge is 0.243 e. The molecule has 3 rings (SSSR count). The quantitative estimate of drug-likeness (QED) is 0.709. The Balaban J connectivity index is 1.59. The van der Waals surface area contributed by atoms with E-state index in [4.69, 9.17) is 9.15 Å². The Morgan fingerprint density at radius 2 is 2.00 bits per heavy atom. The van der Waals surface area contributed by atoms with Gasteiger partial charge in [0.25, 0.3) is 0 Å². The van der Waals surface area contributed by atoms with Crippen LogP contribution in [-0.2, 0) is 21.4 Å². The number of hydrogen-bond donors (Lipinski definition) is 1. The van der Waals surface area contributed by atoms with Crippen molar-refractivity contribution >= 4 is 15.9 Å². The number of hydrogen-bond acceptors (Lipinski definition) is 5. The van der Waals surface area contributed by atoms with Gasteiger partial charge in [-0.1, -0.05) is 13.3 Å². The fourth-order valence-electron chi connectivity index (χ4n) is 3.80. The van der Waals surface area contributed by atoms with E-state index in [-0.39, 0.29) is 22.6 Å². The number of furan rings is 1. The molecule has 1 amide bonds. The summed E-state index contributed by atoms with van der Waals surface area (Å²) < 4.78 is 37.9. The fraction of sp³-hybridized carbons (Fsp3) is 0.476. The summed E-state index contributed by atoms with van der Waals surface area (Å²) in [6.07, 6.45) is 3.47. The lowest BCUT2D eigenvalue weighted by Gasteiger charge is -2.37. The van der Waals surface area contributed by atoms with Crippen LogP contribution in [-0.4, -0.2) is 38.8 Å². The summed E-state index contributed by atoms with van der Waals surface area (Å²) in [7, 11) is -2.01. The third kappa shape index (κ3) is 5.19. The van der Waals surface area contributed by atoms with Crippen LogP contribution >= 0.6 is 0 Å². The minimum atomic E-state index is -3.56. The summed E-state index contributed by atoms with van der Waals surface area (Å²) in [5.41, 5.74) is 0. The highest BCUT2D eigenvalue weighted by Crippen LogP contribution is 2.32. The van der Waals surface area contributed by atoms with Gasteiger partial charge in [-0.3, -0.25) is 4.79 Å². The van der Waals surface area contributed by atoms with E-state index in [1.165, 1.54) is 0 Å². The maximum atomic E-state index is 13.0. The van der Waals surface area contributed by atoms with Crippen LogP contribution in [0.2, 0.25) is 0 Å². The molecule has 1 N–H and O–H groups in total. The van der Waals surface area contributed by atoms with Crippen molar-refractivity contribution in [3.8, 4) is 5.75 Å². The normalized spacial score (nSPS) is 20.3. The molecule has 0 spiro atoms. The van der Waals surface area contributed by atoms with Gasteiger partial charge >= 0.3 is 0 Å². The molecule has 0 radical (unpaired) electrons. The van der Waals surface area contributed by atoms with E-state index in [9.17, 15) is 13.2 Å². The molecule has 1 aromatic heterocycles. The van der Waals surface area contributed by atoms with E-state index in [0.29, 0.717) is 44.0 Å². The highest BCUT2D eigenvalue weighted by molar-refractivity contribution is 7.89. The molecular formula is C21H28N2O5S. The van der Waals surface area contributed by atoms with E-state index >= 15 is 0 Å². The molecule has 2 aromatic rings. The molecule has 1 aromatic carbocycles. The van der Waals surface area contributed by atoms with Crippen molar-refractivity contribution in [2.45, 2.75) is 37.6 Å². The first-order chi connectivity index (χ1) is 13.9. The molecule has 2 atom stereocenters. The SMILES string of the molecule is CC[C@@H]1CN(S(=O)(=O)c2ccc(OC)cc2)CC[C@H]1CC(=O)NCc1ccco1. The summed E-state index contributed by atoms with van der Waals surface area (Å²) in [5, 5.41) is 2.88. The summed E-state index contributed by atoms with van der Waals surface area (Å²) in [4.78, 5) is 12.6. The summed E-state index contributed by atoms with van der Waals surface area (Å²) in [6.45, 7) is 3.26. The molecule has 8 heteroatoms. The minimum absolute atomic E-state index is 0.0312. The van der Waals surface area contributed by atoms with Crippen LogP contribution < -0.4 is 10.1 Å². The van der Waals surface area contributed by atoms with E-state index in [0.717, 1.165) is 6.42 Å². The lowest BCUT2D eigenvalue weighted by molar-refractivity contribution is -0.123. The second-order valence-electron chi connectivity index (χ2n) is 7.32. The molecule has 1 aliphatic rings. The average molecular weight is 421 g/mol. The van der Waals surface area contributed by atoms with Gasteiger partial charge in [-0.2, -0.15) is 4.31 Å². The highest BCUT2D eigenvalue weighted by atomic mass is 32.2. The zero-order chi connectivity index (χ0) is 20.9.